The third-order valence-electron chi connectivity index (χ3n) is 5.29. The lowest BCUT2D eigenvalue weighted by Gasteiger charge is -2.31. The molecule has 29 heavy (non-hydrogen) atoms. The number of nitrogens with zero attached hydrogens (tertiary/aromatic N) is 1. The van der Waals surface area contributed by atoms with E-state index in [-0.39, 0.29) is 17.9 Å². The molecule has 0 radical (unpaired) electrons. The number of hydrogen-bond acceptors (Lipinski definition) is 2. The molecule has 2 unspecified atom stereocenters. The molecule has 0 spiro atoms. The van der Waals surface area contributed by atoms with Gasteiger partial charge in [0.05, 0.1) is 0 Å². The molecular weight excluding hydrogens is 360 g/mol. The Kier molecular flexibility index (Phi) is 8.91. The number of carbonyl (C=O) groups is 2. The fraction of sp³-hybridized carbons (Fsp3) is 0.440. The molecule has 2 amide bonds. The van der Waals surface area contributed by atoms with Gasteiger partial charge in [-0.1, -0.05) is 74.0 Å². The lowest BCUT2D eigenvalue weighted by molar-refractivity contribution is -0.141. The number of nitrogens with one attached hydrogen (secondary N) is 1. The first-order chi connectivity index (χ1) is 13.9. The minimum atomic E-state index is -0.465. The van der Waals surface area contributed by atoms with Gasteiger partial charge in [0.15, 0.2) is 0 Å². The van der Waals surface area contributed by atoms with E-state index in [2.05, 4.69) is 11.4 Å². The Balaban J connectivity index is 2.20. The number of amides is 2. The third-order valence-corrected chi connectivity index (χ3v) is 5.29. The van der Waals surface area contributed by atoms with Gasteiger partial charge in [-0.25, -0.2) is 0 Å². The maximum atomic E-state index is 13.2. The molecule has 0 aromatic heterocycles. The van der Waals surface area contributed by atoms with Crippen molar-refractivity contribution in [3.63, 3.8) is 0 Å². The fourth-order valence-corrected chi connectivity index (χ4v) is 3.41. The van der Waals surface area contributed by atoms with Crippen molar-refractivity contribution in [2.45, 2.75) is 72.0 Å². The molecule has 0 aliphatic carbocycles. The van der Waals surface area contributed by atoms with E-state index >= 15 is 0 Å². The van der Waals surface area contributed by atoms with Gasteiger partial charge in [-0.3, -0.25) is 9.59 Å². The second-order valence-corrected chi connectivity index (χ2v) is 7.74. The highest BCUT2D eigenvalue weighted by molar-refractivity contribution is 5.87. The van der Waals surface area contributed by atoms with Gasteiger partial charge in [-0.05, 0) is 44.2 Å². The van der Waals surface area contributed by atoms with Crippen LogP contribution in [0.1, 0.15) is 56.7 Å². The van der Waals surface area contributed by atoms with E-state index in [1.54, 1.807) is 4.90 Å². The molecule has 4 heteroatoms. The number of benzene rings is 2. The molecule has 2 atom stereocenters. The van der Waals surface area contributed by atoms with Gasteiger partial charge in [0.2, 0.25) is 11.8 Å². The van der Waals surface area contributed by atoms with Crippen LogP contribution in [-0.4, -0.2) is 28.8 Å². The molecular formula is C25H34N2O2. The Labute approximate surface area is 175 Å². The summed E-state index contributed by atoms with van der Waals surface area (Å²) in [6, 6.07) is 17.8. The van der Waals surface area contributed by atoms with Crippen molar-refractivity contribution in [3.8, 4) is 0 Å². The van der Waals surface area contributed by atoms with Crippen molar-refractivity contribution >= 4 is 11.8 Å². The first kappa shape index (κ1) is 22.7. The van der Waals surface area contributed by atoms with E-state index in [0.29, 0.717) is 25.8 Å². The van der Waals surface area contributed by atoms with Crippen LogP contribution in [0.15, 0.2) is 54.6 Å². The highest BCUT2D eigenvalue weighted by Crippen LogP contribution is 2.16. The summed E-state index contributed by atoms with van der Waals surface area (Å²) in [5.41, 5.74) is 3.33. The molecule has 1 N–H and O–H groups in total. The third kappa shape index (κ3) is 7.04. The summed E-state index contributed by atoms with van der Waals surface area (Å²) in [7, 11) is 0. The van der Waals surface area contributed by atoms with E-state index in [1.807, 2.05) is 76.2 Å². The Morgan fingerprint density at radius 1 is 0.966 bits per heavy atom. The van der Waals surface area contributed by atoms with Crippen molar-refractivity contribution in [1.29, 1.82) is 0 Å². The highest BCUT2D eigenvalue weighted by atomic mass is 16.2. The lowest BCUT2D eigenvalue weighted by atomic mass is 10.0. The van der Waals surface area contributed by atoms with Crippen LogP contribution in [0.3, 0.4) is 0 Å². The maximum absolute atomic E-state index is 13.2. The van der Waals surface area contributed by atoms with E-state index in [9.17, 15) is 9.59 Å². The molecule has 2 aromatic rings. The first-order valence-electron chi connectivity index (χ1n) is 10.6. The maximum Gasteiger partial charge on any atom is 0.243 e. The zero-order valence-corrected chi connectivity index (χ0v) is 18.2. The average molecular weight is 395 g/mol. The van der Waals surface area contributed by atoms with Crippen molar-refractivity contribution in [1.82, 2.24) is 10.2 Å². The molecule has 0 aliphatic heterocycles. The second-order valence-electron chi connectivity index (χ2n) is 7.74. The predicted molar refractivity (Wildman–Crippen MR) is 118 cm³/mol. The normalized spacial score (nSPS) is 12.8. The van der Waals surface area contributed by atoms with Crippen molar-refractivity contribution in [2.24, 2.45) is 0 Å². The fourth-order valence-electron chi connectivity index (χ4n) is 3.41. The molecule has 0 aliphatic rings. The van der Waals surface area contributed by atoms with E-state index < -0.39 is 6.04 Å². The van der Waals surface area contributed by atoms with Crippen molar-refractivity contribution in [3.05, 3.63) is 71.3 Å². The quantitative estimate of drug-likeness (QED) is 0.638. The topological polar surface area (TPSA) is 49.4 Å². The monoisotopic (exact) mass is 394 g/mol. The second kappa shape index (κ2) is 11.4. The average Bonchev–Trinajstić information content (AvgIpc) is 2.72. The van der Waals surface area contributed by atoms with E-state index in [0.717, 1.165) is 23.1 Å². The first-order valence-corrected chi connectivity index (χ1v) is 10.6. The predicted octanol–water partition coefficient (Wildman–Crippen LogP) is 4.65. The summed E-state index contributed by atoms with van der Waals surface area (Å²) in [4.78, 5) is 27.9. The Hall–Kier alpha value is -2.62. The summed E-state index contributed by atoms with van der Waals surface area (Å²) < 4.78 is 0. The summed E-state index contributed by atoms with van der Waals surface area (Å²) in [6.07, 6.45) is 2.52. The van der Waals surface area contributed by atoms with Gasteiger partial charge in [0, 0.05) is 19.0 Å². The van der Waals surface area contributed by atoms with Crippen LogP contribution in [0.25, 0.3) is 0 Å². The van der Waals surface area contributed by atoms with Crippen LogP contribution in [0.4, 0.5) is 0 Å². The van der Waals surface area contributed by atoms with Gasteiger partial charge < -0.3 is 10.2 Å². The molecule has 0 saturated heterocycles. The minimum absolute atomic E-state index is 0.0153. The van der Waals surface area contributed by atoms with Gasteiger partial charge in [-0.2, -0.15) is 0 Å². The number of hydrogen-bond donors (Lipinski definition) is 1. The van der Waals surface area contributed by atoms with Crippen molar-refractivity contribution in [2.75, 3.05) is 0 Å². The summed E-state index contributed by atoms with van der Waals surface area (Å²) in [6.45, 7) is 8.49. The molecule has 2 rings (SSSR count). The Morgan fingerprint density at radius 3 is 2.28 bits per heavy atom. The SMILES string of the molecule is CCC(C)NC(=O)C(CC)N(Cc1cccc(C)c1)C(=O)CCc1ccccc1. The number of aryl methyl sites for hydroxylation is 2. The zero-order chi connectivity index (χ0) is 21.2. The lowest BCUT2D eigenvalue weighted by Crippen LogP contribution is -2.50. The van der Waals surface area contributed by atoms with Crippen LogP contribution in [0, 0.1) is 6.92 Å². The molecule has 0 heterocycles. The summed E-state index contributed by atoms with van der Waals surface area (Å²) >= 11 is 0. The molecule has 0 saturated carbocycles. The highest BCUT2D eigenvalue weighted by Gasteiger charge is 2.28. The van der Waals surface area contributed by atoms with Gasteiger partial charge >= 0.3 is 0 Å². The molecule has 2 aromatic carbocycles. The van der Waals surface area contributed by atoms with Gasteiger partial charge in [0.1, 0.15) is 6.04 Å². The van der Waals surface area contributed by atoms with Crippen molar-refractivity contribution < 1.29 is 9.59 Å². The van der Waals surface area contributed by atoms with Crippen LogP contribution >= 0.6 is 0 Å². The minimum Gasteiger partial charge on any atom is -0.352 e. The molecule has 4 nitrogen and oxygen atoms in total. The zero-order valence-electron chi connectivity index (χ0n) is 18.2. The summed E-state index contributed by atoms with van der Waals surface area (Å²) in [5.74, 6) is -0.0518. The van der Waals surface area contributed by atoms with E-state index in [4.69, 9.17) is 0 Å². The largest absolute Gasteiger partial charge is 0.352 e. The van der Waals surface area contributed by atoms with Gasteiger partial charge in [0.25, 0.3) is 0 Å². The standard InChI is InChI=1S/C25H34N2O2/c1-5-20(4)26-25(29)23(6-2)27(18-22-14-10-11-19(3)17-22)24(28)16-15-21-12-8-7-9-13-21/h7-14,17,20,23H,5-6,15-16,18H2,1-4H3,(H,26,29). The Morgan fingerprint density at radius 2 is 1.66 bits per heavy atom. The van der Waals surface area contributed by atoms with Crippen LogP contribution in [-0.2, 0) is 22.6 Å². The van der Waals surface area contributed by atoms with Crippen LogP contribution < -0.4 is 5.32 Å². The van der Waals surface area contributed by atoms with Crippen LogP contribution in [0.2, 0.25) is 0 Å². The Bertz CT molecular complexity index is 788. The molecule has 0 fully saturated rings. The molecule has 156 valence electrons. The number of carbonyl (C=O) groups excluding carboxylic acids is 2. The van der Waals surface area contributed by atoms with Gasteiger partial charge in [-0.15, -0.1) is 0 Å². The van der Waals surface area contributed by atoms with Crippen LogP contribution in [0.5, 0.6) is 0 Å². The number of rotatable bonds is 10. The van der Waals surface area contributed by atoms with E-state index in [1.165, 1.54) is 0 Å². The molecule has 0 bridgehead atoms. The summed E-state index contributed by atoms with van der Waals surface area (Å²) in [5, 5.41) is 3.05. The smallest absolute Gasteiger partial charge is 0.243 e.